The number of carboxylic acid groups (broad SMARTS) is 1. The summed E-state index contributed by atoms with van der Waals surface area (Å²) >= 11 is 0. The van der Waals surface area contributed by atoms with Crippen molar-refractivity contribution < 1.29 is 19.4 Å². The molecule has 18 heavy (non-hydrogen) atoms. The first-order valence-corrected chi connectivity index (χ1v) is 5.65. The number of nitrogens with zero attached hydrogens (tertiary/aromatic N) is 1. The van der Waals surface area contributed by atoms with Crippen molar-refractivity contribution >= 4 is 11.9 Å². The third kappa shape index (κ3) is 4.17. The number of carbonyl (C=O) groups is 2. The highest BCUT2D eigenvalue weighted by atomic mass is 16.5. The predicted octanol–water partition coefficient (Wildman–Crippen LogP) is 0.510. The Morgan fingerprint density at radius 3 is 2.89 bits per heavy atom. The number of imidazole rings is 1. The second kappa shape index (κ2) is 6.75. The Morgan fingerprint density at radius 1 is 1.56 bits per heavy atom. The van der Waals surface area contributed by atoms with Crippen LogP contribution < -0.4 is 5.32 Å². The van der Waals surface area contributed by atoms with E-state index in [-0.39, 0.29) is 11.4 Å². The Kier molecular flexibility index (Phi) is 5.31. The van der Waals surface area contributed by atoms with Gasteiger partial charge >= 0.3 is 5.97 Å². The molecule has 0 saturated heterocycles. The van der Waals surface area contributed by atoms with E-state index < -0.39 is 11.9 Å². The Hall–Kier alpha value is -1.89. The number of H-pyrrole nitrogens is 1. The molecule has 0 atom stereocenters. The van der Waals surface area contributed by atoms with Gasteiger partial charge in [0.15, 0.2) is 11.4 Å². The number of carboxylic acids is 1. The third-order valence-electron chi connectivity index (χ3n) is 2.05. The summed E-state index contributed by atoms with van der Waals surface area (Å²) in [5.41, 5.74) is -0.332. The van der Waals surface area contributed by atoms with E-state index in [9.17, 15) is 9.59 Å². The minimum absolute atomic E-state index is 0.119. The minimum atomic E-state index is -1.21. The first-order chi connectivity index (χ1) is 8.52. The van der Waals surface area contributed by atoms with Gasteiger partial charge in [-0.05, 0) is 5.92 Å². The number of hydrogen-bond donors (Lipinski definition) is 3. The molecule has 0 saturated carbocycles. The van der Waals surface area contributed by atoms with Gasteiger partial charge in [-0.15, -0.1) is 0 Å². The van der Waals surface area contributed by atoms with Crippen LogP contribution in [0.3, 0.4) is 0 Å². The van der Waals surface area contributed by atoms with Crippen LogP contribution in [-0.2, 0) is 4.74 Å². The molecule has 7 nitrogen and oxygen atoms in total. The largest absolute Gasteiger partial charge is 0.477 e. The number of aromatic amines is 1. The molecule has 0 bridgehead atoms. The molecule has 0 aromatic carbocycles. The van der Waals surface area contributed by atoms with Gasteiger partial charge in [-0.25, -0.2) is 9.78 Å². The highest BCUT2D eigenvalue weighted by Crippen LogP contribution is 2.02. The van der Waals surface area contributed by atoms with Crippen molar-refractivity contribution in [1.82, 2.24) is 15.3 Å². The molecule has 0 radical (unpaired) electrons. The molecule has 1 aromatic rings. The summed E-state index contributed by atoms with van der Waals surface area (Å²) in [6.45, 7) is 5.38. The number of amides is 1. The molecule has 1 amide bonds. The first kappa shape index (κ1) is 14.2. The molecule has 1 heterocycles. The fourth-order valence-corrected chi connectivity index (χ4v) is 1.27. The van der Waals surface area contributed by atoms with E-state index in [0.29, 0.717) is 25.7 Å². The number of hydrogen-bond acceptors (Lipinski definition) is 4. The van der Waals surface area contributed by atoms with Crippen LogP contribution in [0.2, 0.25) is 0 Å². The van der Waals surface area contributed by atoms with Gasteiger partial charge in [-0.3, -0.25) is 4.79 Å². The Balaban J connectivity index is 2.37. The van der Waals surface area contributed by atoms with Crippen LogP contribution in [-0.4, -0.2) is 46.7 Å². The Morgan fingerprint density at radius 2 is 2.28 bits per heavy atom. The maximum Gasteiger partial charge on any atom is 0.354 e. The summed E-state index contributed by atoms with van der Waals surface area (Å²) in [6.07, 6.45) is 1.17. The lowest BCUT2D eigenvalue weighted by molar-refractivity contribution is 0.0684. The van der Waals surface area contributed by atoms with Crippen LogP contribution >= 0.6 is 0 Å². The predicted molar refractivity (Wildman–Crippen MR) is 63.5 cm³/mol. The molecule has 1 aromatic heterocycles. The zero-order chi connectivity index (χ0) is 13.5. The maximum atomic E-state index is 11.6. The van der Waals surface area contributed by atoms with Crippen LogP contribution in [0.5, 0.6) is 0 Å². The smallest absolute Gasteiger partial charge is 0.354 e. The van der Waals surface area contributed by atoms with E-state index in [1.807, 2.05) is 13.8 Å². The van der Waals surface area contributed by atoms with Crippen LogP contribution in [0.1, 0.15) is 34.8 Å². The number of carbonyl (C=O) groups excluding carboxylic acids is 1. The van der Waals surface area contributed by atoms with Crippen LogP contribution in [0, 0.1) is 5.92 Å². The monoisotopic (exact) mass is 255 g/mol. The number of rotatable bonds is 7. The molecular formula is C11H17N3O4. The standard InChI is InChI=1S/C11H17N3O4/c1-7(2)5-18-4-3-12-10(15)8-9(11(16)17)14-6-13-8/h6-7H,3-5H2,1-2H3,(H,12,15)(H,13,14)(H,16,17). The average Bonchev–Trinajstić information content (AvgIpc) is 2.76. The van der Waals surface area contributed by atoms with Crippen LogP contribution in [0.25, 0.3) is 0 Å². The maximum absolute atomic E-state index is 11.6. The SMILES string of the molecule is CC(C)COCCNC(=O)c1nc[nH]c1C(=O)O. The highest BCUT2D eigenvalue weighted by molar-refractivity contribution is 6.02. The van der Waals surface area contributed by atoms with Crippen molar-refractivity contribution in [2.75, 3.05) is 19.8 Å². The molecule has 3 N–H and O–H groups in total. The van der Waals surface area contributed by atoms with E-state index in [4.69, 9.17) is 9.84 Å². The normalized spacial score (nSPS) is 10.6. The molecule has 1 rings (SSSR count). The summed E-state index contributed by atoms with van der Waals surface area (Å²) in [4.78, 5) is 28.5. The fraction of sp³-hybridized carbons (Fsp3) is 0.545. The van der Waals surface area contributed by atoms with Crippen LogP contribution in [0.4, 0.5) is 0 Å². The lowest BCUT2D eigenvalue weighted by Crippen LogP contribution is -2.29. The molecule has 0 aliphatic carbocycles. The topological polar surface area (TPSA) is 104 Å². The van der Waals surface area contributed by atoms with Crippen molar-refractivity contribution in [3.8, 4) is 0 Å². The third-order valence-corrected chi connectivity index (χ3v) is 2.05. The van der Waals surface area contributed by atoms with Gasteiger partial charge in [-0.1, -0.05) is 13.8 Å². The van der Waals surface area contributed by atoms with Gasteiger partial charge in [0.1, 0.15) is 0 Å². The summed E-state index contributed by atoms with van der Waals surface area (Å²) in [5, 5.41) is 11.3. The van der Waals surface area contributed by atoms with Crippen molar-refractivity contribution in [3.05, 3.63) is 17.7 Å². The van der Waals surface area contributed by atoms with Crippen molar-refractivity contribution in [2.24, 2.45) is 5.92 Å². The summed E-state index contributed by atoms with van der Waals surface area (Å²) in [7, 11) is 0. The molecule has 100 valence electrons. The van der Waals surface area contributed by atoms with E-state index in [0.717, 1.165) is 0 Å². The average molecular weight is 255 g/mol. The van der Waals surface area contributed by atoms with Gasteiger partial charge in [-0.2, -0.15) is 0 Å². The number of nitrogens with one attached hydrogen (secondary N) is 2. The first-order valence-electron chi connectivity index (χ1n) is 5.65. The number of aromatic carboxylic acids is 1. The Labute approximate surface area is 105 Å². The van der Waals surface area contributed by atoms with Crippen molar-refractivity contribution in [1.29, 1.82) is 0 Å². The van der Waals surface area contributed by atoms with Crippen LogP contribution in [0.15, 0.2) is 6.33 Å². The molecule has 0 aliphatic heterocycles. The number of ether oxygens (including phenoxy) is 1. The number of aromatic nitrogens is 2. The summed E-state index contributed by atoms with van der Waals surface area (Å²) in [5.74, 6) is -1.30. The minimum Gasteiger partial charge on any atom is -0.477 e. The van der Waals surface area contributed by atoms with Gasteiger partial charge in [0.25, 0.3) is 5.91 Å². The molecule has 0 spiro atoms. The molecular weight excluding hydrogens is 238 g/mol. The van der Waals surface area contributed by atoms with Gasteiger partial charge in [0.2, 0.25) is 0 Å². The lowest BCUT2D eigenvalue weighted by Gasteiger charge is -2.07. The highest BCUT2D eigenvalue weighted by Gasteiger charge is 2.18. The lowest BCUT2D eigenvalue weighted by atomic mass is 10.2. The zero-order valence-corrected chi connectivity index (χ0v) is 10.4. The molecule has 7 heteroatoms. The second-order valence-electron chi connectivity index (χ2n) is 4.16. The second-order valence-corrected chi connectivity index (χ2v) is 4.16. The molecule has 0 unspecified atom stereocenters. The fourth-order valence-electron chi connectivity index (χ4n) is 1.27. The van der Waals surface area contributed by atoms with E-state index in [1.165, 1.54) is 6.33 Å². The zero-order valence-electron chi connectivity index (χ0n) is 10.4. The molecule has 0 fully saturated rings. The van der Waals surface area contributed by atoms with E-state index in [1.54, 1.807) is 0 Å². The van der Waals surface area contributed by atoms with Gasteiger partial charge in [0.05, 0.1) is 12.9 Å². The van der Waals surface area contributed by atoms with E-state index >= 15 is 0 Å². The van der Waals surface area contributed by atoms with Crippen molar-refractivity contribution in [2.45, 2.75) is 13.8 Å². The van der Waals surface area contributed by atoms with E-state index in [2.05, 4.69) is 15.3 Å². The quantitative estimate of drug-likeness (QED) is 0.616. The van der Waals surface area contributed by atoms with Gasteiger partial charge in [0, 0.05) is 13.2 Å². The molecule has 0 aliphatic rings. The summed E-state index contributed by atoms with van der Waals surface area (Å²) < 4.78 is 5.28. The van der Waals surface area contributed by atoms with Crippen molar-refractivity contribution in [3.63, 3.8) is 0 Å². The van der Waals surface area contributed by atoms with Gasteiger partial charge < -0.3 is 20.1 Å². The summed E-state index contributed by atoms with van der Waals surface area (Å²) in [6, 6.07) is 0. The Bertz CT molecular complexity index is 414.